The van der Waals surface area contributed by atoms with E-state index in [0.29, 0.717) is 12.1 Å². The predicted molar refractivity (Wildman–Crippen MR) is 142 cm³/mol. The maximum absolute atomic E-state index is 12.0. The van der Waals surface area contributed by atoms with Crippen LogP contribution in [0.15, 0.2) is 49.1 Å². The Hall–Kier alpha value is -4.27. The molecule has 0 atom stereocenters. The van der Waals surface area contributed by atoms with Crippen molar-refractivity contribution in [3.63, 3.8) is 0 Å². The number of hydrogen-bond donors (Lipinski definition) is 3. The first kappa shape index (κ1) is 22.2. The van der Waals surface area contributed by atoms with Crippen molar-refractivity contribution < 1.29 is 4.79 Å². The zero-order chi connectivity index (χ0) is 24.5. The second-order valence-corrected chi connectivity index (χ2v) is 9.28. The molecule has 1 saturated heterocycles. The molecule has 1 aliphatic heterocycles. The lowest BCUT2D eigenvalue weighted by Crippen LogP contribution is -2.29. The number of nitrogens with one attached hydrogen (secondary N) is 3. The van der Waals surface area contributed by atoms with E-state index in [9.17, 15) is 4.79 Å². The Morgan fingerprint density at radius 2 is 1.89 bits per heavy atom. The number of carbonyl (C=O) groups is 1. The van der Waals surface area contributed by atoms with Crippen molar-refractivity contribution >= 4 is 39.2 Å². The van der Waals surface area contributed by atoms with Gasteiger partial charge in [-0.2, -0.15) is 5.10 Å². The van der Waals surface area contributed by atoms with Gasteiger partial charge in [-0.25, -0.2) is 4.98 Å². The summed E-state index contributed by atoms with van der Waals surface area (Å²) in [7, 11) is 0. The van der Waals surface area contributed by atoms with E-state index in [1.54, 1.807) is 12.4 Å². The molecule has 6 rings (SSSR count). The number of aromatic amines is 2. The summed E-state index contributed by atoms with van der Waals surface area (Å²) < 4.78 is 0. The van der Waals surface area contributed by atoms with Crippen LogP contribution in [-0.2, 0) is 4.79 Å². The predicted octanol–water partition coefficient (Wildman–Crippen LogP) is 5.29. The van der Waals surface area contributed by atoms with Crippen LogP contribution in [0.25, 0.3) is 44.6 Å². The van der Waals surface area contributed by atoms with E-state index in [-0.39, 0.29) is 5.91 Å². The molecule has 182 valence electrons. The standard InChI is InChI=1S/C27H28N8O/c1-2-6-25(36)30-18-11-17(13-28-14-18)20-7-8-21-26(32-20)27(34-33-21)22-12-19-23(31-22)15-29-16-24(19)35-9-4-3-5-10-35/h7-8,11-16,31H,2-6,9-10H2,1H3,(H,30,36)(H,33,34). The average molecular weight is 481 g/mol. The molecule has 0 unspecified atom stereocenters. The molecule has 0 saturated carbocycles. The molecule has 9 heteroatoms. The third-order valence-corrected chi connectivity index (χ3v) is 6.68. The zero-order valence-electron chi connectivity index (χ0n) is 20.2. The molecule has 3 N–H and O–H groups in total. The van der Waals surface area contributed by atoms with Gasteiger partial charge in [-0.1, -0.05) is 6.92 Å². The Bertz CT molecular complexity index is 1550. The number of anilines is 2. The molecule has 6 heterocycles. The lowest BCUT2D eigenvalue weighted by molar-refractivity contribution is -0.116. The van der Waals surface area contributed by atoms with Crippen LogP contribution in [0, 0.1) is 0 Å². The van der Waals surface area contributed by atoms with Gasteiger partial charge >= 0.3 is 0 Å². The highest BCUT2D eigenvalue weighted by Crippen LogP contribution is 2.34. The van der Waals surface area contributed by atoms with Crippen LogP contribution >= 0.6 is 0 Å². The molecule has 0 aliphatic carbocycles. The minimum Gasteiger partial charge on any atom is -0.370 e. The van der Waals surface area contributed by atoms with Crippen LogP contribution in [0.3, 0.4) is 0 Å². The second-order valence-electron chi connectivity index (χ2n) is 9.28. The number of aromatic nitrogens is 6. The Labute approximate surface area is 208 Å². The van der Waals surface area contributed by atoms with Gasteiger partial charge in [0, 0.05) is 36.7 Å². The van der Waals surface area contributed by atoms with Gasteiger partial charge in [0.25, 0.3) is 0 Å². The summed E-state index contributed by atoms with van der Waals surface area (Å²) in [6.45, 7) is 4.10. The van der Waals surface area contributed by atoms with Gasteiger partial charge in [-0.05, 0) is 49.9 Å². The van der Waals surface area contributed by atoms with E-state index in [4.69, 9.17) is 4.98 Å². The molecule has 0 aromatic carbocycles. The van der Waals surface area contributed by atoms with Crippen LogP contribution < -0.4 is 10.2 Å². The SMILES string of the molecule is CCCC(=O)Nc1cncc(-c2ccc3[nH]nc(-c4cc5c(N6CCCCC6)cncc5[nH]4)c3n2)c1. The summed E-state index contributed by atoms with van der Waals surface area (Å²) in [5.74, 6) is -0.0193. The highest BCUT2D eigenvalue weighted by Gasteiger charge is 2.18. The van der Waals surface area contributed by atoms with Crippen molar-refractivity contribution in [2.24, 2.45) is 0 Å². The van der Waals surface area contributed by atoms with Gasteiger partial charge in [-0.3, -0.25) is 19.9 Å². The molecular weight excluding hydrogens is 452 g/mol. The van der Waals surface area contributed by atoms with Crippen LogP contribution in [0.5, 0.6) is 0 Å². The van der Waals surface area contributed by atoms with E-state index in [2.05, 4.69) is 41.4 Å². The summed E-state index contributed by atoms with van der Waals surface area (Å²) in [5, 5.41) is 11.8. The Balaban J connectivity index is 1.37. The number of piperidine rings is 1. The molecule has 0 radical (unpaired) electrons. The van der Waals surface area contributed by atoms with Crippen molar-refractivity contribution in [1.82, 2.24) is 30.1 Å². The third kappa shape index (κ3) is 4.17. The zero-order valence-corrected chi connectivity index (χ0v) is 20.2. The average Bonchev–Trinajstić information content (AvgIpc) is 3.53. The second kappa shape index (κ2) is 9.41. The smallest absolute Gasteiger partial charge is 0.224 e. The monoisotopic (exact) mass is 480 g/mol. The summed E-state index contributed by atoms with van der Waals surface area (Å²) in [4.78, 5) is 31.7. The molecule has 5 aromatic rings. The third-order valence-electron chi connectivity index (χ3n) is 6.68. The van der Waals surface area contributed by atoms with Gasteiger partial charge in [0.05, 0.1) is 52.4 Å². The van der Waals surface area contributed by atoms with Crippen molar-refractivity contribution in [1.29, 1.82) is 0 Å². The maximum atomic E-state index is 12.0. The van der Waals surface area contributed by atoms with E-state index in [0.717, 1.165) is 69.8 Å². The van der Waals surface area contributed by atoms with Crippen LogP contribution in [0.4, 0.5) is 11.4 Å². The summed E-state index contributed by atoms with van der Waals surface area (Å²) >= 11 is 0. The van der Waals surface area contributed by atoms with E-state index in [1.165, 1.54) is 19.3 Å². The number of nitrogens with zero attached hydrogens (tertiary/aromatic N) is 5. The normalized spacial score (nSPS) is 14.0. The van der Waals surface area contributed by atoms with Crippen LogP contribution in [0.2, 0.25) is 0 Å². The van der Waals surface area contributed by atoms with Crippen LogP contribution in [0.1, 0.15) is 39.0 Å². The van der Waals surface area contributed by atoms with Crippen molar-refractivity contribution in [2.75, 3.05) is 23.3 Å². The molecule has 1 amide bonds. The number of pyridine rings is 3. The van der Waals surface area contributed by atoms with Gasteiger partial charge < -0.3 is 15.2 Å². The topological polar surface area (TPSA) is 115 Å². The molecule has 36 heavy (non-hydrogen) atoms. The number of H-pyrrole nitrogens is 2. The number of rotatable bonds is 6. The highest BCUT2D eigenvalue weighted by molar-refractivity contribution is 5.99. The fourth-order valence-corrected chi connectivity index (χ4v) is 4.90. The lowest BCUT2D eigenvalue weighted by Gasteiger charge is -2.28. The van der Waals surface area contributed by atoms with E-state index in [1.807, 2.05) is 37.5 Å². The first-order chi connectivity index (χ1) is 17.7. The molecule has 9 nitrogen and oxygen atoms in total. The first-order valence-corrected chi connectivity index (χ1v) is 12.5. The Kier molecular flexibility index (Phi) is 5.80. The largest absolute Gasteiger partial charge is 0.370 e. The van der Waals surface area contributed by atoms with Gasteiger partial charge in [0.15, 0.2) is 0 Å². The van der Waals surface area contributed by atoms with E-state index >= 15 is 0 Å². The molecule has 1 aliphatic rings. The first-order valence-electron chi connectivity index (χ1n) is 12.5. The molecule has 0 bridgehead atoms. The Morgan fingerprint density at radius 3 is 2.75 bits per heavy atom. The number of fused-ring (bicyclic) bond motifs is 2. The quantitative estimate of drug-likeness (QED) is 0.304. The fraction of sp³-hybridized carbons (Fsp3) is 0.296. The fourth-order valence-electron chi connectivity index (χ4n) is 4.90. The molecule has 0 spiro atoms. The van der Waals surface area contributed by atoms with Gasteiger partial charge in [0.2, 0.25) is 5.91 Å². The van der Waals surface area contributed by atoms with E-state index < -0.39 is 0 Å². The Morgan fingerprint density at radius 1 is 1.03 bits per heavy atom. The summed E-state index contributed by atoms with van der Waals surface area (Å²) in [6.07, 6.45) is 12.2. The van der Waals surface area contributed by atoms with Crippen molar-refractivity contribution in [3.8, 4) is 22.6 Å². The minimum absolute atomic E-state index is 0.0193. The van der Waals surface area contributed by atoms with Crippen molar-refractivity contribution in [3.05, 3.63) is 49.1 Å². The molecule has 1 fully saturated rings. The number of hydrogen-bond acceptors (Lipinski definition) is 6. The van der Waals surface area contributed by atoms with Gasteiger partial charge in [0.1, 0.15) is 11.2 Å². The summed E-state index contributed by atoms with van der Waals surface area (Å²) in [6, 6.07) is 7.95. The van der Waals surface area contributed by atoms with Crippen molar-refractivity contribution in [2.45, 2.75) is 39.0 Å². The maximum Gasteiger partial charge on any atom is 0.224 e. The highest BCUT2D eigenvalue weighted by atomic mass is 16.1. The number of carbonyl (C=O) groups excluding carboxylic acids is 1. The molecule has 5 aromatic heterocycles. The minimum atomic E-state index is -0.0193. The van der Waals surface area contributed by atoms with Gasteiger partial charge in [-0.15, -0.1) is 0 Å². The molecular formula is C27H28N8O. The lowest BCUT2D eigenvalue weighted by atomic mass is 10.1. The number of amides is 1. The summed E-state index contributed by atoms with van der Waals surface area (Å²) in [5.41, 5.74) is 7.67. The van der Waals surface area contributed by atoms with Crippen LogP contribution in [-0.4, -0.2) is 49.1 Å².